The van der Waals surface area contributed by atoms with Gasteiger partial charge < -0.3 is 9.72 Å². The lowest BCUT2D eigenvalue weighted by molar-refractivity contribution is 0.415. The molecule has 0 spiro atoms. The molecule has 4 heteroatoms. The van der Waals surface area contributed by atoms with Crippen molar-refractivity contribution in [3.05, 3.63) is 35.1 Å². The van der Waals surface area contributed by atoms with Crippen LogP contribution in [-0.4, -0.2) is 17.1 Å². The van der Waals surface area contributed by atoms with Gasteiger partial charge in [-0.05, 0) is 19.1 Å². The molecule has 0 unspecified atom stereocenters. The Morgan fingerprint density at radius 2 is 2.20 bits per heavy atom. The normalized spacial score (nSPS) is 10.3. The van der Waals surface area contributed by atoms with Gasteiger partial charge in [0.25, 0.3) is 0 Å². The van der Waals surface area contributed by atoms with Crippen LogP contribution >= 0.6 is 11.6 Å². The first-order valence-corrected chi connectivity index (χ1v) is 4.94. The fourth-order valence-corrected chi connectivity index (χ4v) is 1.69. The van der Waals surface area contributed by atoms with Crippen molar-refractivity contribution in [1.29, 1.82) is 0 Å². The van der Waals surface area contributed by atoms with E-state index in [0.717, 1.165) is 17.1 Å². The number of hydrogen-bond donors (Lipinski definition) is 1. The molecule has 0 atom stereocenters. The number of aryl methyl sites for hydroxylation is 1. The Hall–Kier alpha value is -1.48. The Kier molecular flexibility index (Phi) is 2.64. The molecule has 0 aliphatic heterocycles. The second-order valence-corrected chi connectivity index (χ2v) is 3.61. The van der Waals surface area contributed by atoms with Gasteiger partial charge in [0.1, 0.15) is 11.6 Å². The first-order valence-electron chi connectivity index (χ1n) is 4.57. The summed E-state index contributed by atoms with van der Waals surface area (Å²) in [5.74, 6) is 1.42. The lowest BCUT2D eigenvalue weighted by atomic mass is 10.2. The molecular weight excluding hydrogens is 212 g/mol. The van der Waals surface area contributed by atoms with Crippen molar-refractivity contribution < 1.29 is 4.74 Å². The highest BCUT2D eigenvalue weighted by molar-refractivity contribution is 6.34. The number of nitrogens with zero attached hydrogens (tertiary/aromatic N) is 1. The number of imidazole rings is 1. The molecule has 2 rings (SSSR count). The zero-order valence-corrected chi connectivity index (χ0v) is 9.30. The van der Waals surface area contributed by atoms with Crippen LogP contribution in [0.4, 0.5) is 0 Å². The first kappa shape index (κ1) is 10.1. The molecule has 0 amide bonds. The average molecular weight is 223 g/mol. The van der Waals surface area contributed by atoms with Crippen LogP contribution in [0.2, 0.25) is 5.02 Å². The number of nitrogens with one attached hydrogen (secondary N) is 1. The van der Waals surface area contributed by atoms with Crippen molar-refractivity contribution in [2.75, 3.05) is 7.11 Å². The summed E-state index contributed by atoms with van der Waals surface area (Å²) in [5, 5.41) is 0.578. The summed E-state index contributed by atoms with van der Waals surface area (Å²) in [5.41, 5.74) is 1.85. The minimum Gasteiger partial charge on any atom is -0.495 e. The maximum absolute atomic E-state index is 6.17. The highest BCUT2D eigenvalue weighted by atomic mass is 35.5. The molecule has 15 heavy (non-hydrogen) atoms. The van der Waals surface area contributed by atoms with E-state index in [4.69, 9.17) is 16.3 Å². The SMILES string of the molecule is COc1cccc(-c2ncc(C)[nH]2)c1Cl. The molecule has 1 heterocycles. The van der Waals surface area contributed by atoms with Crippen molar-refractivity contribution in [3.8, 4) is 17.1 Å². The summed E-state index contributed by atoms with van der Waals surface area (Å²) in [7, 11) is 1.60. The van der Waals surface area contributed by atoms with E-state index in [0.29, 0.717) is 10.8 Å². The Balaban J connectivity index is 2.53. The van der Waals surface area contributed by atoms with Gasteiger partial charge in [0.15, 0.2) is 0 Å². The summed E-state index contributed by atoms with van der Waals surface area (Å²) < 4.78 is 5.14. The van der Waals surface area contributed by atoms with E-state index < -0.39 is 0 Å². The molecule has 0 fully saturated rings. The van der Waals surface area contributed by atoms with Crippen LogP contribution in [0.25, 0.3) is 11.4 Å². The largest absolute Gasteiger partial charge is 0.495 e. The maximum atomic E-state index is 6.17. The van der Waals surface area contributed by atoms with Gasteiger partial charge in [-0.3, -0.25) is 0 Å². The van der Waals surface area contributed by atoms with Crippen LogP contribution in [0.15, 0.2) is 24.4 Å². The Morgan fingerprint density at radius 3 is 2.80 bits per heavy atom. The van der Waals surface area contributed by atoms with Gasteiger partial charge in [-0.1, -0.05) is 17.7 Å². The summed E-state index contributed by atoms with van der Waals surface area (Å²) in [4.78, 5) is 7.36. The Morgan fingerprint density at radius 1 is 1.40 bits per heavy atom. The number of rotatable bonds is 2. The number of methoxy groups -OCH3 is 1. The molecule has 0 aliphatic rings. The van der Waals surface area contributed by atoms with Crippen LogP contribution in [0.1, 0.15) is 5.69 Å². The number of benzene rings is 1. The second-order valence-electron chi connectivity index (χ2n) is 3.24. The average Bonchev–Trinajstić information content (AvgIpc) is 2.65. The van der Waals surface area contributed by atoms with Crippen LogP contribution in [0.3, 0.4) is 0 Å². The Bertz CT molecular complexity index is 479. The molecule has 1 aromatic heterocycles. The van der Waals surface area contributed by atoms with Gasteiger partial charge in [-0.25, -0.2) is 4.98 Å². The fraction of sp³-hybridized carbons (Fsp3) is 0.182. The number of hydrogen-bond acceptors (Lipinski definition) is 2. The Labute approximate surface area is 93.1 Å². The third kappa shape index (κ3) is 1.83. The molecule has 0 saturated carbocycles. The highest BCUT2D eigenvalue weighted by Crippen LogP contribution is 2.33. The molecular formula is C11H11ClN2O. The van der Waals surface area contributed by atoms with E-state index in [2.05, 4.69) is 9.97 Å². The van der Waals surface area contributed by atoms with Crippen LogP contribution < -0.4 is 4.74 Å². The topological polar surface area (TPSA) is 37.9 Å². The second kappa shape index (κ2) is 3.95. The quantitative estimate of drug-likeness (QED) is 0.848. The standard InChI is InChI=1S/C11H11ClN2O/c1-7-6-13-11(14-7)8-4-3-5-9(15-2)10(8)12/h3-6H,1-2H3,(H,13,14). The van der Waals surface area contributed by atoms with Gasteiger partial charge in [-0.2, -0.15) is 0 Å². The van der Waals surface area contributed by atoms with E-state index in [1.165, 1.54) is 0 Å². The first-order chi connectivity index (χ1) is 7.22. The molecule has 0 radical (unpaired) electrons. The zero-order chi connectivity index (χ0) is 10.8. The molecule has 1 aromatic carbocycles. The zero-order valence-electron chi connectivity index (χ0n) is 8.54. The lowest BCUT2D eigenvalue weighted by Crippen LogP contribution is -1.88. The van der Waals surface area contributed by atoms with E-state index >= 15 is 0 Å². The maximum Gasteiger partial charge on any atom is 0.139 e. The number of halogens is 1. The monoisotopic (exact) mass is 222 g/mol. The van der Waals surface area contributed by atoms with Crippen molar-refractivity contribution in [2.45, 2.75) is 6.92 Å². The molecule has 3 nitrogen and oxygen atoms in total. The third-order valence-electron chi connectivity index (χ3n) is 2.14. The van der Waals surface area contributed by atoms with Crippen LogP contribution in [-0.2, 0) is 0 Å². The van der Waals surface area contributed by atoms with E-state index in [9.17, 15) is 0 Å². The summed E-state index contributed by atoms with van der Waals surface area (Å²) in [6, 6.07) is 5.61. The van der Waals surface area contributed by atoms with Gasteiger partial charge in [0, 0.05) is 17.5 Å². The van der Waals surface area contributed by atoms with Gasteiger partial charge in [0.2, 0.25) is 0 Å². The minimum absolute atomic E-state index is 0.578. The smallest absolute Gasteiger partial charge is 0.139 e. The molecule has 78 valence electrons. The van der Waals surface area contributed by atoms with E-state index in [-0.39, 0.29) is 0 Å². The summed E-state index contributed by atoms with van der Waals surface area (Å²) in [6.45, 7) is 1.95. The molecule has 0 bridgehead atoms. The van der Waals surface area contributed by atoms with Gasteiger partial charge in [0.05, 0.1) is 12.1 Å². The van der Waals surface area contributed by atoms with Crippen molar-refractivity contribution >= 4 is 11.6 Å². The van der Waals surface area contributed by atoms with Gasteiger partial charge >= 0.3 is 0 Å². The summed E-state index contributed by atoms with van der Waals surface area (Å²) >= 11 is 6.17. The van der Waals surface area contributed by atoms with E-state index in [1.807, 2.05) is 25.1 Å². The minimum atomic E-state index is 0.578. The highest BCUT2D eigenvalue weighted by Gasteiger charge is 2.10. The molecule has 0 aliphatic carbocycles. The van der Waals surface area contributed by atoms with Crippen LogP contribution in [0, 0.1) is 6.92 Å². The van der Waals surface area contributed by atoms with E-state index in [1.54, 1.807) is 13.3 Å². The molecule has 2 aromatic rings. The summed E-state index contributed by atoms with van der Waals surface area (Å²) in [6.07, 6.45) is 1.77. The number of ether oxygens (including phenoxy) is 1. The third-order valence-corrected chi connectivity index (χ3v) is 2.53. The lowest BCUT2D eigenvalue weighted by Gasteiger charge is -2.05. The molecule has 1 N–H and O–H groups in total. The number of aromatic amines is 1. The van der Waals surface area contributed by atoms with Crippen molar-refractivity contribution in [2.24, 2.45) is 0 Å². The number of H-pyrrole nitrogens is 1. The number of aromatic nitrogens is 2. The van der Waals surface area contributed by atoms with Crippen molar-refractivity contribution in [1.82, 2.24) is 9.97 Å². The fourth-order valence-electron chi connectivity index (χ4n) is 1.40. The predicted octanol–water partition coefficient (Wildman–Crippen LogP) is 3.05. The van der Waals surface area contributed by atoms with Crippen molar-refractivity contribution in [3.63, 3.8) is 0 Å². The molecule has 0 saturated heterocycles. The van der Waals surface area contributed by atoms with Crippen LogP contribution in [0.5, 0.6) is 5.75 Å². The van der Waals surface area contributed by atoms with Gasteiger partial charge in [-0.15, -0.1) is 0 Å². The predicted molar refractivity (Wildman–Crippen MR) is 60.3 cm³/mol.